The Bertz CT molecular complexity index is 939. The Kier molecular flexibility index (Phi) is 7.19. The summed E-state index contributed by atoms with van der Waals surface area (Å²) >= 11 is 19.6. The van der Waals surface area contributed by atoms with Gasteiger partial charge >= 0.3 is 0 Å². The molecular weight excluding hydrogens is 423 g/mol. The van der Waals surface area contributed by atoms with Crippen LogP contribution in [-0.4, -0.2) is 21.1 Å². The molecule has 2 aromatic carbocycles. The molecule has 0 bridgehead atoms. The van der Waals surface area contributed by atoms with E-state index in [1.54, 1.807) is 34.8 Å². The number of aromatic nitrogens is 3. The first kappa shape index (κ1) is 20.2. The fourth-order valence-electron chi connectivity index (χ4n) is 2.33. The topological polar surface area (TPSA) is 43.1 Å². The first-order valence-corrected chi connectivity index (χ1v) is 10.5. The fraction of sp³-hybridized carbons (Fsp3) is 0.211. The summed E-state index contributed by atoms with van der Waals surface area (Å²) in [6.45, 7) is 2.10. The Morgan fingerprint density at radius 3 is 2.52 bits per heavy atom. The number of halogens is 3. The minimum Gasteiger partial charge on any atom is -0.191 e. The maximum Gasteiger partial charge on any atom is 0.212 e. The molecule has 1 heterocycles. The molecule has 0 N–H and O–H groups in total. The lowest BCUT2D eigenvalue weighted by Gasteiger charge is -2.04. The SMILES string of the molecule is CCCc1nnc(SCc2ccc(Cl)cc2)n1/N=C\c1ccc(Cl)c(Cl)c1. The van der Waals surface area contributed by atoms with Crippen molar-refractivity contribution >= 4 is 52.8 Å². The molecule has 3 rings (SSSR count). The number of thioether (sulfide) groups is 1. The van der Waals surface area contributed by atoms with Crippen LogP contribution < -0.4 is 0 Å². The minimum atomic E-state index is 0.496. The second kappa shape index (κ2) is 9.60. The van der Waals surface area contributed by atoms with E-state index in [4.69, 9.17) is 34.8 Å². The summed E-state index contributed by atoms with van der Waals surface area (Å²) in [5, 5.41) is 15.6. The third-order valence-electron chi connectivity index (χ3n) is 3.70. The highest BCUT2D eigenvalue weighted by Crippen LogP contribution is 2.24. The number of benzene rings is 2. The molecule has 140 valence electrons. The average Bonchev–Trinajstić information content (AvgIpc) is 3.04. The van der Waals surface area contributed by atoms with E-state index in [1.807, 2.05) is 30.3 Å². The smallest absolute Gasteiger partial charge is 0.191 e. The van der Waals surface area contributed by atoms with Gasteiger partial charge in [0, 0.05) is 17.2 Å². The lowest BCUT2D eigenvalue weighted by atomic mass is 10.2. The number of nitrogens with zero attached hydrogens (tertiary/aromatic N) is 4. The normalized spacial score (nSPS) is 11.4. The van der Waals surface area contributed by atoms with Crippen molar-refractivity contribution in [2.75, 3.05) is 0 Å². The molecule has 0 atom stereocenters. The van der Waals surface area contributed by atoms with Crippen LogP contribution in [-0.2, 0) is 12.2 Å². The average molecular weight is 440 g/mol. The summed E-state index contributed by atoms with van der Waals surface area (Å²) in [6.07, 6.45) is 3.49. The Morgan fingerprint density at radius 1 is 1.04 bits per heavy atom. The van der Waals surface area contributed by atoms with E-state index in [1.165, 1.54) is 0 Å². The molecule has 0 unspecified atom stereocenters. The third-order valence-corrected chi connectivity index (χ3v) is 5.68. The van der Waals surface area contributed by atoms with Crippen LogP contribution in [0.25, 0.3) is 0 Å². The van der Waals surface area contributed by atoms with Gasteiger partial charge in [-0.05, 0) is 41.8 Å². The molecule has 0 amide bonds. The molecule has 0 aliphatic carbocycles. The van der Waals surface area contributed by atoms with E-state index in [9.17, 15) is 0 Å². The van der Waals surface area contributed by atoms with Gasteiger partial charge in [-0.3, -0.25) is 0 Å². The van der Waals surface area contributed by atoms with E-state index in [-0.39, 0.29) is 0 Å². The standard InChI is InChI=1S/C19H17Cl3N4S/c1-2-3-18-24-25-19(27-12-13-4-7-15(20)8-5-13)26(18)23-11-14-6-9-16(21)17(22)10-14/h4-11H,2-3,12H2,1H3/b23-11-. The minimum absolute atomic E-state index is 0.496. The van der Waals surface area contributed by atoms with Crippen LogP contribution in [0, 0.1) is 0 Å². The molecule has 0 aliphatic rings. The highest BCUT2D eigenvalue weighted by Gasteiger charge is 2.11. The largest absolute Gasteiger partial charge is 0.212 e. The zero-order valence-electron chi connectivity index (χ0n) is 14.6. The molecule has 4 nitrogen and oxygen atoms in total. The molecule has 1 aromatic heterocycles. The third kappa shape index (κ3) is 5.48. The molecule has 0 fully saturated rings. The number of hydrogen-bond acceptors (Lipinski definition) is 4. The monoisotopic (exact) mass is 438 g/mol. The highest BCUT2D eigenvalue weighted by atomic mass is 35.5. The van der Waals surface area contributed by atoms with Crippen molar-refractivity contribution in [3.8, 4) is 0 Å². The van der Waals surface area contributed by atoms with Crippen LogP contribution in [0.4, 0.5) is 0 Å². The van der Waals surface area contributed by atoms with Gasteiger partial charge in [-0.1, -0.05) is 71.7 Å². The van der Waals surface area contributed by atoms with Gasteiger partial charge in [0.15, 0.2) is 5.82 Å². The summed E-state index contributed by atoms with van der Waals surface area (Å²) in [6, 6.07) is 13.2. The van der Waals surface area contributed by atoms with E-state index < -0.39 is 0 Å². The maximum absolute atomic E-state index is 6.08. The summed E-state index contributed by atoms with van der Waals surface area (Å²) < 4.78 is 1.78. The van der Waals surface area contributed by atoms with Gasteiger partial charge in [0.1, 0.15) is 0 Å². The molecule has 27 heavy (non-hydrogen) atoms. The summed E-state index contributed by atoms with van der Waals surface area (Å²) in [4.78, 5) is 0. The van der Waals surface area contributed by atoms with Crippen molar-refractivity contribution in [2.24, 2.45) is 5.10 Å². The molecule has 0 radical (unpaired) electrons. The van der Waals surface area contributed by atoms with E-state index in [0.717, 1.165) is 45.7 Å². The summed E-state index contributed by atoms with van der Waals surface area (Å²) in [7, 11) is 0. The van der Waals surface area contributed by atoms with Crippen molar-refractivity contribution < 1.29 is 0 Å². The number of aryl methyl sites for hydroxylation is 1. The lowest BCUT2D eigenvalue weighted by molar-refractivity contribution is 0.700. The quantitative estimate of drug-likeness (QED) is 0.317. The first-order valence-electron chi connectivity index (χ1n) is 8.37. The molecule has 0 aliphatic heterocycles. The Hall–Kier alpha value is -1.53. The fourth-order valence-corrected chi connectivity index (χ4v) is 3.62. The number of hydrogen-bond donors (Lipinski definition) is 0. The predicted molar refractivity (Wildman–Crippen MR) is 114 cm³/mol. The second-order valence-electron chi connectivity index (χ2n) is 5.79. The van der Waals surface area contributed by atoms with Crippen molar-refractivity contribution in [1.82, 2.24) is 14.9 Å². The van der Waals surface area contributed by atoms with Gasteiger partial charge in [0.25, 0.3) is 0 Å². The van der Waals surface area contributed by atoms with E-state index in [2.05, 4.69) is 22.2 Å². The molecule has 0 saturated carbocycles. The Labute approximate surface area is 177 Å². The van der Waals surface area contributed by atoms with Crippen LogP contribution in [0.2, 0.25) is 15.1 Å². The summed E-state index contributed by atoms with van der Waals surface area (Å²) in [5.74, 6) is 1.58. The summed E-state index contributed by atoms with van der Waals surface area (Å²) in [5.41, 5.74) is 2.01. The van der Waals surface area contributed by atoms with E-state index in [0.29, 0.717) is 10.0 Å². The van der Waals surface area contributed by atoms with Crippen LogP contribution in [0.5, 0.6) is 0 Å². The van der Waals surface area contributed by atoms with Crippen LogP contribution in [0.3, 0.4) is 0 Å². The van der Waals surface area contributed by atoms with Crippen LogP contribution in [0.1, 0.15) is 30.3 Å². The van der Waals surface area contributed by atoms with Gasteiger partial charge < -0.3 is 0 Å². The van der Waals surface area contributed by atoms with Crippen LogP contribution >= 0.6 is 46.6 Å². The van der Waals surface area contributed by atoms with Gasteiger partial charge in [-0.25, -0.2) is 0 Å². The van der Waals surface area contributed by atoms with Crippen molar-refractivity contribution in [3.63, 3.8) is 0 Å². The van der Waals surface area contributed by atoms with Gasteiger partial charge in [0.2, 0.25) is 5.16 Å². The Morgan fingerprint density at radius 2 is 1.81 bits per heavy atom. The van der Waals surface area contributed by atoms with Crippen molar-refractivity contribution in [2.45, 2.75) is 30.7 Å². The van der Waals surface area contributed by atoms with Gasteiger partial charge in [-0.15, -0.1) is 10.2 Å². The Balaban J connectivity index is 1.81. The zero-order chi connectivity index (χ0) is 19.2. The highest BCUT2D eigenvalue weighted by molar-refractivity contribution is 7.98. The molecular formula is C19H17Cl3N4S. The molecule has 3 aromatic rings. The van der Waals surface area contributed by atoms with Gasteiger partial charge in [-0.2, -0.15) is 9.78 Å². The second-order valence-corrected chi connectivity index (χ2v) is 7.99. The predicted octanol–water partition coefficient (Wildman–Crippen LogP) is 6.37. The zero-order valence-corrected chi connectivity index (χ0v) is 17.7. The molecule has 0 saturated heterocycles. The number of rotatable bonds is 7. The lowest BCUT2D eigenvalue weighted by Crippen LogP contribution is -2.00. The van der Waals surface area contributed by atoms with Crippen LogP contribution in [0.15, 0.2) is 52.7 Å². The first-order chi connectivity index (χ1) is 13.1. The van der Waals surface area contributed by atoms with Crippen molar-refractivity contribution in [1.29, 1.82) is 0 Å². The van der Waals surface area contributed by atoms with Crippen molar-refractivity contribution in [3.05, 3.63) is 74.5 Å². The van der Waals surface area contributed by atoms with E-state index >= 15 is 0 Å². The van der Waals surface area contributed by atoms with Gasteiger partial charge in [0.05, 0.1) is 16.3 Å². The molecule has 0 spiro atoms. The maximum atomic E-state index is 6.08. The molecule has 8 heteroatoms.